The van der Waals surface area contributed by atoms with Crippen molar-refractivity contribution < 1.29 is 14.9 Å². The molecule has 4 nitrogen and oxygen atoms in total. The van der Waals surface area contributed by atoms with Gasteiger partial charge in [-0.1, -0.05) is 24.3 Å². The van der Waals surface area contributed by atoms with Crippen LogP contribution in [-0.4, -0.2) is 35.3 Å². The van der Waals surface area contributed by atoms with E-state index in [0.717, 1.165) is 16.7 Å². The number of hydrogen-bond acceptors (Lipinski definition) is 5. The van der Waals surface area contributed by atoms with E-state index in [1.54, 1.807) is 11.8 Å². The quantitative estimate of drug-likeness (QED) is 0.790. The molecule has 0 spiro atoms. The molecule has 0 bridgehead atoms. The smallest absolute Gasteiger partial charge is 0.0994 e. The topological polar surface area (TPSA) is 73.5 Å². The van der Waals surface area contributed by atoms with E-state index in [9.17, 15) is 15.5 Å². The molecule has 1 aliphatic rings. The van der Waals surface area contributed by atoms with E-state index in [-0.39, 0.29) is 18.8 Å². The number of ether oxygens (including phenoxy) is 1. The van der Waals surface area contributed by atoms with Gasteiger partial charge in [0.1, 0.15) is 0 Å². The zero-order valence-electron chi connectivity index (χ0n) is 14.8. The number of nitriles is 1. The van der Waals surface area contributed by atoms with Crippen LogP contribution in [0.1, 0.15) is 41.2 Å². The Kier molecular flexibility index (Phi) is 6.33. The van der Waals surface area contributed by atoms with Crippen LogP contribution >= 0.6 is 11.8 Å². The Morgan fingerprint density at radius 2 is 1.96 bits per heavy atom. The van der Waals surface area contributed by atoms with Crippen LogP contribution in [0.3, 0.4) is 0 Å². The Labute approximate surface area is 158 Å². The molecule has 0 saturated carbocycles. The van der Waals surface area contributed by atoms with Crippen molar-refractivity contribution in [2.24, 2.45) is 0 Å². The van der Waals surface area contributed by atoms with Gasteiger partial charge in [0.25, 0.3) is 0 Å². The molecule has 26 heavy (non-hydrogen) atoms. The van der Waals surface area contributed by atoms with Crippen LogP contribution in [0, 0.1) is 11.3 Å². The number of aliphatic hydroxyl groups excluding tert-OH is 2. The summed E-state index contributed by atoms with van der Waals surface area (Å²) in [7, 11) is 0. The van der Waals surface area contributed by atoms with Crippen LogP contribution in [0.15, 0.2) is 47.4 Å². The molecule has 2 N–H and O–H groups in total. The SMILES string of the molecule is CSc1ccc(Cc2cc(C3CC(O)CC(CO)O3)ccc2C#N)cc1. The summed E-state index contributed by atoms with van der Waals surface area (Å²) in [6.07, 6.45) is 2.59. The fourth-order valence-corrected chi connectivity index (χ4v) is 3.76. The average molecular weight is 369 g/mol. The minimum Gasteiger partial charge on any atom is -0.394 e. The first-order chi connectivity index (χ1) is 12.6. The van der Waals surface area contributed by atoms with E-state index in [0.29, 0.717) is 24.8 Å². The number of aliphatic hydroxyl groups is 2. The van der Waals surface area contributed by atoms with Crippen LogP contribution in [0.2, 0.25) is 0 Å². The maximum absolute atomic E-state index is 10.1. The van der Waals surface area contributed by atoms with Crippen LogP contribution in [0.5, 0.6) is 0 Å². The van der Waals surface area contributed by atoms with Crippen molar-refractivity contribution in [3.05, 3.63) is 64.7 Å². The summed E-state index contributed by atoms with van der Waals surface area (Å²) in [5, 5.41) is 28.9. The molecule has 0 amide bonds. The van der Waals surface area contributed by atoms with Gasteiger partial charge in [0.15, 0.2) is 0 Å². The zero-order chi connectivity index (χ0) is 18.5. The minimum atomic E-state index is -0.482. The normalized spacial score (nSPS) is 22.8. The minimum absolute atomic E-state index is 0.0987. The summed E-state index contributed by atoms with van der Waals surface area (Å²) in [5.41, 5.74) is 3.69. The molecular formula is C21H23NO3S. The largest absolute Gasteiger partial charge is 0.394 e. The van der Waals surface area contributed by atoms with Crippen LogP contribution in [-0.2, 0) is 11.2 Å². The third-order valence-corrected chi connectivity index (χ3v) is 5.50. The summed E-state index contributed by atoms with van der Waals surface area (Å²) in [6.45, 7) is -0.0987. The van der Waals surface area contributed by atoms with Crippen molar-refractivity contribution in [1.29, 1.82) is 5.26 Å². The Balaban J connectivity index is 1.85. The highest BCUT2D eigenvalue weighted by molar-refractivity contribution is 7.98. The van der Waals surface area contributed by atoms with Crippen molar-refractivity contribution in [1.82, 2.24) is 0 Å². The number of rotatable bonds is 5. The molecule has 0 aromatic heterocycles. The molecule has 5 heteroatoms. The van der Waals surface area contributed by atoms with Gasteiger partial charge < -0.3 is 14.9 Å². The standard InChI is InChI=1S/C21H23NO3S/c1-26-20-6-2-14(3-7-20)8-17-9-15(4-5-16(17)12-22)21-11-18(24)10-19(13-23)25-21/h2-7,9,18-19,21,23-24H,8,10-11,13H2,1H3. The highest BCUT2D eigenvalue weighted by Gasteiger charge is 2.29. The van der Waals surface area contributed by atoms with Crippen LogP contribution < -0.4 is 0 Å². The molecule has 3 unspecified atom stereocenters. The molecular weight excluding hydrogens is 346 g/mol. The monoisotopic (exact) mass is 369 g/mol. The Morgan fingerprint density at radius 3 is 2.62 bits per heavy atom. The summed E-state index contributed by atoms with van der Waals surface area (Å²) in [5.74, 6) is 0. The van der Waals surface area contributed by atoms with Crippen molar-refractivity contribution in [3.8, 4) is 6.07 Å². The van der Waals surface area contributed by atoms with Crippen molar-refractivity contribution in [2.75, 3.05) is 12.9 Å². The Morgan fingerprint density at radius 1 is 1.19 bits per heavy atom. The Hall–Kier alpha value is -1.84. The van der Waals surface area contributed by atoms with Gasteiger partial charge in [0, 0.05) is 17.7 Å². The second-order valence-electron chi connectivity index (χ2n) is 6.61. The molecule has 0 aliphatic carbocycles. The third-order valence-electron chi connectivity index (χ3n) is 4.76. The summed E-state index contributed by atoms with van der Waals surface area (Å²) < 4.78 is 5.91. The molecule has 136 valence electrons. The van der Waals surface area contributed by atoms with Gasteiger partial charge in [-0.2, -0.15) is 5.26 Å². The number of hydrogen-bond donors (Lipinski definition) is 2. The second kappa shape index (κ2) is 8.70. The lowest BCUT2D eigenvalue weighted by Gasteiger charge is -2.32. The molecule has 1 aliphatic heterocycles. The maximum atomic E-state index is 10.1. The van der Waals surface area contributed by atoms with Crippen LogP contribution in [0.25, 0.3) is 0 Å². The van der Waals surface area contributed by atoms with E-state index in [1.807, 2.05) is 24.5 Å². The molecule has 3 atom stereocenters. The van der Waals surface area contributed by atoms with E-state index < -0.39 is 6.10 Å². The fourth-order valence-electron chi connectivity index (χ4n) is 3.35. The van der Waals surface area contributed by atoms with E-state index in [2.05, 4.69) is 30.3 Å². The van der Waals surface area contributed by atoms with Gasteiger partial charge in [-0.25, -0.2) is 0 Å². The molecule has 2 aromatic carbocycles. The van der Waals surface area contributed by atoms with Gasteiger partial charge in [-0.05, 0) is 47.6 Å². The Bertz CT molecular complexity index is 785. The molecule has 1 saturated heterocycles. The lowest BCUT2D eigenvalue weighted by atomic mass is 9.92. The van der Waals surface area contributed by atoms with Crippen LogP contribution in [0.4, 0.5) is 0 Å². The van der Waals surface area contributed by atoms with Crippen molar-refractivity contribution in [3.63, 3.8) is 0 Å². The highest BCUT2D eigenvalue weighted by atomic mass is 32.2. The summed E-state index contributed by atoms with van der Waals surface area (Å²) >= 11 is 1.70. The number of thioether (sulfide) groups is 1. The van der Waals surface area contributed by atoms with E-state index in [4.69, 9.17) is 4.74 Å². The van der Waals surface area contributed by atoms with Gasteiger partial charge in [0.2, 0.25) is 0 Å². The zero-order valence-corrected chi connectivity index (χ0v) is 15.6. The second-order valence-corrected chi connectivity index (χ2v) is 7.49. The number of nitrogens with zero attached hydrogens (tertiary/aromatic N) is 1. The molecule has 0 radical (unpaired) electrons. The van der Waals surface area contributed by atoms with E-state index >= 15 is 0 Å². The van der Waals surface area contributed by atoms with Crippen molar-refractivity contribution >= 4 is 11.8 Å². The van der Waals surface area contributed by atoms with Gasteiger partial charge >= 0.3 is 0 Å². The average Bonchev–Trinajstić information content (AvgIpc) is 2.68. The lowest BCUT2D eigenvalue weighted by molar-refractivity contribution is -0.113. The first-order valence-electron chi connectivity index (χ1n) is 8.73. The first kappa shape index (κ1) is 18.9. The molecule has 2 aromatic rings. The molecule has 1 heterocycles. The summed E-state index contributed by atoms with van der Waals surface area (Å²) in [4.78, 5) is 1.21. The van der Waals surface area contributed by atoms with Gasteiger partial charge in [-0.3, -0.25) is 0 Å². The highest BCUT2D eigenvalue weighted by Crippen LogP contribution is 2.33. The number of benzene rings is 2. The van der Waals surface area contributed by atoms with E-state index in [1.165, 1.54) is 4.90 Å². The fraction of sp³-hybridized carbons (Fsp3) is 0.381. The maximum Gasteiger partial charge on any atom is 0.0994 e. The summed E-state index contributed by atoms with van der Waals surface area (Å²) in [6, 6.07) is 16.3. The first-order valence-corrected chi connectivity index (χ1v) is 9.95. The van der Waals surface area contributed by atoms with Gasteiger partial charge in [-0.15, -0.1) is 11.8 Å². The predicted octanol–water partition coefficient (Wildman–Crippen LogP) is 3.44. The molecule has 1 fully saturated rings. The lowest BCUT2D eigenvalue weighted by Crippen LogP contribution is -2.33. The van der Waals surface area contributed by atoms with Crippen molar-refractivity contribution in [2.45, 2.75) is 42.5 Å². The van der Waals surface area contributed by atoms with Gasteiger partial charge in [0.05, 0.1) is 36.6 Å². The third kappa shape index (κ3) is 4.46. The molecule has 3 rings (SSSR count). The predicted molar refractivity (Wildman–Crippen MR) is 102 cm³/mol.